The number of rotatable bonds is 5. The summed E-state index contributed by atoms with van der Waals surface area (Å²) in [6.07, 6.45) is 5.38. The van der Waals surface area contributed by atoms with E-state index < -0.39 is 0 Å². The van der Waals surface area contributed by atoms with E-state index in [2.05, 4.69) is 32.6 Å². The number of amides is 1. The lowest BCUT2D eigenvalue weighted by Gasteiger charge is -2.37. The highest BCUT2D eigenvalue weighted by Crippen LogP contribution is 2.31. The second kappa shape index (κ2) is 9.57. The fraction of sp³-hybridized carbons (Fsp3) is 0.320. The van der Waals surface area contributed by atoms with Gasteiger partial charge in [0.1, 0.15) is 11.6 Å². The summed E-state index contributed by atoms with van der Waals surface area (Å²) in [7, 11) is 1.74. The third-order valence-electron chi connectivity index (χ3n) is 6.25. The molecule has 0 bridgehead atoms. The summed E-state index contributed by atoms with van der Waals surface area (Å²) < 4.78 is 0. The number of carbonyl (C=O) groups excluding carboxylic acids is 1. The molecule has 0 unspecified atom stereocenters. The molecule has 1 fully saturated rings. The van der Waals surface area contributed by atoms with Crippen molar-refractivity contribution in [2.75, 3.05) is 11.9 Å². The summed E-state index contributed by atoms with van der Waals surface area (Å²) in [5.74, 6) is 2.09. The topological polar surface area (TPSA) is 115 Å². The number of anilines is 2. The molecule has 1 aliphatic rings. The lowest BCUT2D eigenvalue weighted by atomic mass is 9.92. The summed E-state index contributed by atoms with van der Waals surface area (Å²) >= 11 is 0. The summed E-state index contributed by atoms with van der Waals surface area (Å²) in [6, 6.07) is 13.8. The first-order valence-electron chi connectivity index (χ1n) is 11.6. The normalized spacial score (nSPS) is 17.9. The number of pyridine rings is 1. The molecule has 2 atom stereocenters. The van der Waals surface area contributed by atoms with Crippen molar-refractivity contribution in [1.82, 2.24) is 40.1 Å². The molecule has 4 aromatic rings. The zero-order valence-corrected chi connectivity index (χ0v) is 20.0. The fourth-order valence-electron chi connectivity index (χ4n) is 4.41. The molecule has 1 amide bonds. The van der Waals surface area contributed by atoms with E-state index in [1.165, 1.54) is 4.80 Å². The van der Waals surface area contributed by atoms with Crippen LogP contribution >= 0.6 is 0 Å². The van der Waals surface area contributed by atoms with Gasteiger partial charge in [-0.15, -0.1) is 10.2 Å². The second-order valence-electron chi connectivity index (χ2n) is 8.84. The number of nitrogens with one attached hydrogen (secondary N) is 1. The maximum absolute atomic E-state index is 12.2. The van der Waals surface area contributed by atoms with Gasteiger partial charge in [-0.1, -0.05) is 12.1 Å². The smallest absolute Gasteiger partial charge is 0.219 e. The van der Waals surface area contributed by atoms with Crippen LogP contribution in [0.15, 0.2) is 54.9 Å². The quantitative estimate of drug-likeness (QED) is 0.472. The van der Waals surface area contributed by atoms with E-state index in [0.29, 0.717) is 18.2 Å². The van der Waals surface area contributed by atoms with Crippen molar-refractivity contribution >= 4 is 17.4 Å². The Kier molecular flexibility index (Phi) is 6.17. The maximum atomic E-state index is 12.2. The molecule has 1 aliphatic heterocycles. The second-order valence-corrected chi connectivity index (χ2v) is 8.84. The largest absolute Gasteiger partial charge is 0.340 e. The van der Waals surface area contributed by atoms with Crippen LogP contribution < -0.4 is 5.32 Å². The minimum Gasteiger partial charge on any atom is -0.340 e. The fourth-order valence-corrected chi connectivity index (χ4v) is 4.41. The molecule has 0 aliphatic carbocycles. The summed E-state index contributed by atoms with van der Waals surface area (Å²) in [4.78, 5) is 29.6. The summed E-state index contributed by atoms with van der Waals surface area (Å²) in [5.41, 5.74) is 3.39. The molecule has 0 radical (unpaired) electrons. The van der Waals surface area contributed by atoms with E-state index in [0.717, 1.165) is 41.2 Å². The van der Waals surface area contributed by atoms with Crippen LogP contribution in [0.2, 0.25) is 0 Å². The van der Waals surface area contributed by atoms with Crippen molar-refractivity contribution in [3.63, 3.8) is 0 Å². The zero-order valence-electron chi connectivity index (χ0n) is 20.0. The molecule has 10 nitrogen and oxygen atoms in total. The zero-order chi connectivity index (χ0) is 24.4. The van der Waals surface area contributed by atoms with Crippen LogP contribution in [-0.2, 0) is 11.8 Å². The van der Waals surface area contributed by atoms with Crippen LogP contribution in [0, 0.1) is 0 Å². The number of nitrogens with zero attached hydrogens (tertiary/aromatic N) is 8. The average molecular weight is 470 g/mol. The number of tetrazole rings is 1. The lowest BCUT2D eigenvalue weighted by Crippen LogP contribution is -2.44. The van der Waals surface area contributed by atoms with Crippen LogP contribution in [0.25, 0.3) is 22.6 Å². The predicted octanol–water partition coefficient (Wildman–Crippen LogP) is 3.59. The van der Waals surface area contributed by atoms with E-state index in [4.69, 9.17) is 9.97 Å². The Hall–Kier alpha value is -4.21. The molecular weight excluding hydrogens is 442 g/mol. The molecule has 0 spiro atoms. The highest BCUT2D eigenvalue weighted by molar-refractivity contribution is 5.74. The van der Waals surface area contributed by atoms with Crippen molar-refractivity contribution < 1.29 is 4.79 Å². The number of aryl methyl sites for hydroxylation is 1. The van der Waals surface area contributed by atoms with Crippen LogP contribution in [0.4, 0.5) is 11.5 Å². The number of piperidine rings is 1. The Balaban J connectivity index is 1.49. The van der Waals surface area contributed by atoms with Crippen molar-refractivity contribution in [2.24, 2.45) is 7.05 Å². The van der Waals surface area contributed by atoms with Crippen molar-refractivity contribution in [3.05, 3.63) is 60.7 Å². The van der Waals surface area contributed by atoms with Gasteiger partial charge in [0.15, 0.2) is 0 Å². The minimum absolute atomic E-state index is 0.0578. The maximum Gasteiger partial charge on any atom is 0.219 e. The molecule has 1 aromatic carbocycles. The third kappa shape index (κ3) is 5.01. The van der Waals surface area contributed by atoms with Gasteiger partial charge in [0.2, 0.25) is 11.7 Å². The first-order valence-corrected chi connectivity index (χ1v) is 11.6. The van der Waals surface area contributed by atoms with E-state index >= 15 is 0 Å². The molecule has 1 saturated heterocycles. The SMILES string of the molecule is CC(=O)N1C[C@H](c2nc(Nc3cccc(-c4nnn(C)n4)c3)cc(-c3cccnc3)n2)CC[C@@H]1C. The molecule has 0 saturated carbocycles. The molecule has 1 N–H and O–H groups in total. The Labute approximate surface area is 203 Å². The van der Waals surface area contributed by atoms with Crippen LogP contribution in [0.3, 0.4) is 0 Å². The van der Waals surface area contributed by atoms with Gasteiger partial charge >= 0.3 is 0 Å². The van der Waals surface area contributed by atoms with Gasteiger partial charge in [0.05, 0.1) is 12.7 Å². The molecule has 5 rings (SSSR count). The monoisotopic (exact) mass is 469 g/mol. The van der Waals surface area contributed by atoms with Crippen LogP contribution in [-0.4, -0.2) is 58.6 Å². The Morgan fingerprint density at radius 3 is 2.69 bits per heavy atom. The minimum atomic E-state index is 0.0578. The van der Waals surface area contributed by atoms with Gasteiger partial charge in [0.25, 0.3) is 0 Å². The van der Waals surface area contributed by atoms with Crippen molar-refractivity contribution in [2.45, 2.75) is 38.6 Å². The Bertz CT molecular complexity index is 1340. The average Bonchev–Trinajstić information content (AvgIpc) is 3.31. The molecule has 35 heavy (non-hydrogen) atoms. The first kappa shape index (κ1) is 22.6. The third-order valence-corrected chi connectivity index (χ3v) is 6.25. The van der Waals surface area contributed by atoms with Crippen molar-refractivity contribution in [3.8, 4) is 22.6 Å². The molecular formula is C25H27N9O. The van der Waals surface area contributed by atoms with E-state index in [-0.39, 0.29) is 17.9 Å². The highest BCUT2D eigenvalue weighted by atomic mass is 16.2. The first-order chi connectivity index (χ1) is 17.0. The van der Waals surface area contributed by atoms with Gasteiger partial charge < -0.3 is 10.2 Å². The summed E-state index contributed by atoms with van der Waals surface area (Å²) in [5, 5.41) is 15.7. The predicted molar refractivity (Wildman–Crippen MR) is 132 cm³/mol. The van der Waals surface area contributed by atoms with E-state index in [9.17, 15) is 4.79 Å². The molecule has 4 heterocycles. The van der Waals surface area contributed by atoms with Crippen LogP contribution in [0.5, 0.6) is 0 Å². The van der Waals surface area contributed by atoms with Gasteiger partial charge in [0, 0.05) is 60.7 Å². The number of hydrogen-bond donors (Lipinski definition) is 1. The highest BCUT2D eigenvalue weighted by Gasteiger charge is 2.30. The van der Waals surface area contributed by atoms with Gasteiger partial charge in [-0.3, -0.25) is 9.78 Å². The molecule has 178 valence electrons. The van der Waals surface area contributed by atoms with Crippen LogP contribution in [0.1, 0.15) is 38.4 Å². The summed E-state index contributed by atoms with van der Waals surface area (Å²) in [6.45, 7) is 4.33. The standard InChI is InChI=1S/C25H27N9O/c1-16-9-10-20(15-34(16)17(2)35)24-28-22(19-7-5-11-26-14-19)13-23(29-24)27-21-8-4-6-18(12-21)25-30-32-33(3)31-25/h4-8,11-14,16,20H,9-10,15H2,1-3H3,(H,27,28,29)/t16-,20+/m0/s1. The van der Waals surface area contributed by atoms with E-state index in [1.54, 1.807) is 26.4 Å². The van der Waals surface area contributed by atoms with Gasteiger partial charge in [-0.25, -0.2) is 9.97 Å². The Morgan fingerprint density at radius 1 is 1.09 bits per heavy atom. The number of carbonyl (C=O) groups is 1. The molecule has 10 heteroatoms. The van der Waals surface area contributed by atoms with Gasteiger partial charge in [-0.2, -0.15) is 4.80 Å². The van der Waals surface area contributed by atoms with Crippen molar-refractivity contribution in [1.29, 1.82) is 0 Å². The number of benzene rings is 1. The molecule has 3 aromatic heterocycles. The number of aromatic nitrogens is 7. The van der Waals surface area contributed by atoms with E-state index in [1.807, 2.05) is 47.4 Å². The lowest BCUT2D eigenvalue weighted by molar-refractivity contribution is -0.132. The number of likely N-dealkylation sites (tertiary alicyclic amines) is 1. The van der Waals surface area contributed by atoms with Gasteiger partial charge in [-0.05, 0) is 49.2 Å². The Morgan fingerprint density at radius 2 is 1.94 bits per heavy atom. The number of hydrogen-bond acceptors (Lipinski definition) is 8.